The van der Waals surface area contributed by atoms with E-state index in [9.17, 15) is 0 Å². The van der Waals surface area contributed by atoms with Gasteiger partial charge in [0, 0.05) is 49.3 Å². The number of para-hydroxylation sites is 3. The summed E-state index contributed by atoms with van der Waals surface area (Å²) in [5.74, 6) is 1.85. The van der Waals surface area contributed by atoms with Gasteiger partial charge in [-0.25, -0.2) is 15.0 Å². The van der Waals surface area contributed by atoms with Crippen molar-refractivity contribution < 1.29 is 8.83 Å². The van der Waals surface area contributed by atoms with Crippen molar-refractivity contribution in [3.8, 4) is 39.9 Å². The van der Waals surface area contributed by atoms with Crippen molar-refractivity contribution in [3.05, 3.63) is 158 Å². The molecular formula is C45H26N4O2. The van der Waals surface area contributed by atoms with Gasteiger partial charge in [-0.05, 0) is 30.3 Å². The van der Waals surface area contributed by atoms with Crippen LogP contribution in [0.2, 0.25) is 0 Å². The summed E-state index contributed by atoms with van der Waals surface area (Å²) in [5, 5.41) is 6.38. The van der Waals surface area contributed by atoms with Gasteiger partial charge < -0.3 is 13.4 Å². The van der Waals surface area contributed by atoms with Crippen molar-refractivity contribution >= 4 is 65.7 Å². The molecule has 0 atom stereocenters. The number of furan rings is 2. The molecule has 0 saturated carbocycles. The average Bonchev–Trinajstić information content (AvgIpc) is 3.88. The first-order valence-electron chi connectivity index (χ1n) is 17.0. The summed E-state index contributed by atoms with van der Waals surface area (Å²) in [7, 11) is 0. The van der Waals surface area contributed by atoms with E-state index in [-0.39, 0.29) is 0 Å². The lowest BCUT2D eigenvalue weighted by Crippen LogP contribution is -2.01. The minimum Gasteiger partial charge on any atom is -0.455 e. The zero-order valence-corrected chi connectivity index (χ0v) is 27.1. The third-order valence-corrected chi connectivity index (χ3v) is 9.82. The molecule has 0 fully saturated rings. The van der Waals surface area contributed by atoms with E-state index >= 15 is 0 Å². The van der Waals surface area contributed by atoms with Gasteiger partial charge in [-0.1, -0.05) is 127 Å². The quantitative estimate of drug-likeness (QED) is 0.189. The van der Waals surface area contributed by atoms with Crippen LogP contribution in [0.5, 0.6) is 0 Å². The molecule has 0 saturated heterocycles. The minimum absolute atomic E-state index is 0.599. The van der Waals surface area contributed by atoms with E-state index in [1.165, 1.54) is 0 Å². The Hall–Kier alpha value is -7.05. The van der Waals surface area contributed by atoms with E-state index in [0.717, 1.165) is 88.1 Å². The van der Waals surface area contributed by atoms with Crippen LogP contribution >= 0.6 is 0 Å². The molecule has 0 aliphatic carbocycles. The fourth-order valence-electron chi connectivity index (χ4n) is 7.61. The Morgan fingerprint density at radius 2 is 0.902 bits per heavy atom. The molecule has 51 heavy (non-hydrogen) atoms. The normalized spacial score (nSPS) is 11.9. The highest BCUT2D eigenvalue weighted by atomic mass is 16.3. The van der Waals surface area contributed by atoms with E-state index in [4.69, 9.17) is 23.8 Å². The van der Waals surface area contributed by atoms with E-state index < -0.39 is 0 Å². The fourth-order valence-corrected chi connectivity index (χ4v) is 7.61. The Morgan fingerprint density at radius 3 is 1.57 bits per heavy atom. The summed E-state index contributed by atoms with van der Waals surface area (Å²) in [5.41, 5.74) is 9.06. The van der Waals surface area contributed by atoms with Crippen molar-refractivity contribution in [3.63, 3.8) is 0 Å². The van der Waals surface area contributed by atoms with Gasteiger partial charge in [0.25, 0.3) is 0 Å². The standard InChI is InChI=1S/C45H26N4O2/c1-3-14-27(15-4-1)43-46-44(28-16-5-2-6-17-28)48-45(47-43)29-18-13-19-30(26-29)49-34-23-10-7-20-31(34)37-38-32-21-8-11-24-35(32)50-41(38)39-33-22-9-12-25-36(33)51-42(39)40(37)49/h1-26H. The summed E-state index contributed by atoms with van der Waals surface area (Å²) in [6.45, 7) is 0. The van der Waals surface area contributed by atoms with Crippen molar-refractivity contribution in [2.75, 3.05) is 0 Å². The van der Waals surface area contributed by atoms with E-state index in [2.05, 4.69) is 77.4 Å². The molecule has 0 unspecified atom stereocenters. The molecule has 4 heterocycles. The van der Waals surface area contributed by atoms with Crippen LogP contribution in [0.1, 0.15) is 0 Å². The van der Waals surface area contributed by atoms with Gasteiger partial charge in [-0.2, -0.15) is 0 Å². The molecule has 0 bridgehead atoms. The van der Waals surface area contributed by atoms with Gasteiger partial charge in [-0.15, -0.1) is 0 Å². The van der Waals surface area contributed by atoms with Crippen molar-refractivity contribution in [1.29, 1.82) is 0 Å². The lowest BCUT2D eigenvalue weighted by atomic mass is 10.0. The molecule has 0 radical (unpaired) electrons. The molecule has 6 nitrogen and oxygen atoms in total. The largest absolute Gasteiger partial charge is 0.455 e. The fraction of sp³-hybridized carbons (Fsp3) is 0. The third kappa shape index (κ3) is 4.14. The molecular weight excluding hydrogens is 629 g/mol. The Kier molecular flexibility index (Phi) is 5.86. The summed E-state index contributed by atoms with van der Waals surface area (Å²) >= 11 is 0. The molecule has 0 N–H and O–H groups in total. The lowest BCUT2D eigenvalue weighted by Gasteiger charge is -2.12. The molecule has 4 aromatic heterocycles. The van der Waals surface area contributed by atoms with Crippen molar-refractivity contribution in [2.45, 2.75) is 0 Å². The zero-order chi connectivity index (χ0) is 33.5. The summed E-state index contributed by atoms with van der Waals surface area (Å²) in [6, 6.07) is 53.6. The van der Waals surface area contributed by atoms with E-state index in [0.29, 0.717) is 17.5 Å². The molecule has 11 aromatic rings. The molecule has 0 aliphatic rings. The van der Waals surface area contributed by atoms with Crippen molar-refractivity contribution in [2.24, 2.45) is 0 Å². The van der Waals surface area contributed by atoms with Gasteiger partial charge in [-0.3, -0.25) is 0 Å². The third-order valence-electron chi connectivity index (χ3n) is 9.82. The lowest BCUT2D eigenvalue weighted by molar-refractivity contribution is 0.664. The summed E-state index contributed by atoms with van der Waals surface area (Å²) in [6.07, 6.45) is 0. The number of rotatable bonds is 4. The average molecular weight is 655 g/mol. The number of hydrogen-bond donors (Lipinski definition) is 0. The number of hydrogen-bond acceptors (Lipinski definition) is 5. The predicted molar refractivity (Wildman–Crippen MR) is 205 cm³/mol. The number of nitrogens with zero attached hydrogens (tertiary/aromatic N) is 4. The predicted octanol–water partition coefficient (Wildman–Crippen LogP) is 11.8. The highest BCUT2D eigenvalue weighted by Gasteiger charge is 2.26. The number of benzene rings is 7. The second-order valence-electron chi connectivity index (χ2n) is 12.8. The van der Waals surface area contributed by atoms with Gasteiger partial charge in [0.1, 0.15) is 16.7 Å². The SMILES string of the molecule is c1ccc(-c2nc(-c3ccccc3)nc(-c3cccc(-n4c5ccccc5c5c6c7ccccc7oc6c6c7ccccc7oc6c54)c3)n2)cc1. The molecule has 238 valence electrons. The zero-order valence-electron chi connectivity index (χ0n) is 27.1. The molecule has 0 aliphatic heterocycles. The van der Waals surface area contributed by atoms with Crippen LogP contribution in [-0.2, 0) is 0 Å². The molecule has 11 rings (SSSR count). The van der Waals surface area contributed by atoms with E-state index in [1.54, 1.807) is 0 Å². The minimum atomic E-state index is 0.599. The second kappa shape index (κ2) is 10.7. The van der Waals surface area contributed by atoms with Crippen LogP contribution < -0.4 is 0 Å². The molecule has 7 aromatic carbocycles. The van der Waals surface area contributed by atoms with Crippen LogP contribution in [0, 0.1) is 0 Å². The Labute approximate surface area is 290 Å². The number of aromatic nitrogens is 4. The van der Waals surface area contributed by atoms with Gasteiger partial charge >= 0.3 is 0 Å². The van der Waals surface area contributed by atoms with Crippen LogP contribution in [-0.4, -0.2) is 19.5 Å². The summed E-state index contributed by atoms with van der Waals surface area (Å²) in [4.78, 5) is 15.0. The topological polar surface area (TPSA) is 69.9 Å². The highest BCUT2D eigenvalue weighted by molar-refractivity contribution is 6.38. The maximum absolute atomic E-state index is 6.79. The van der Waals surface area contributed by atoms with E-state index in [1.807, 2.05) is 84.9 Å². The molecule has 6 heteroatoms. The van der Waals surface area contributed by atoms with Crippen LogP contribution in [0.3, 0.4) is 0 Å². The van der Waals surface area contributed by atoms with Crippen molar-refractivity contribution in [1.82, 2.24) is 19.5 Å². The van der Waals surface area contributed by atoms with Crippen LogP contribution in [0.15, 0.2) is 167 Å². The highest BCUT2D eigenvalue weighted by Crippen LogP contribution is 2.48. The first-order chi connectivity index (χ1) is 25.3. The van der Waals surface area contributed by atoms with Crippen LogP contribution in [0.25, 0.3) is 106 Å². The van der Waals surface area contributed by atoms with Gasteiger partial charge in [0.05, 0.1) is 16.4 Å². The van der Waals surface area contributed by atoms with Crippen LogP contribution in [0.4, 0.5) is 0 Å². The Balaban J connectivity index is 1.24. The molecule has 0 amide bonds. The first-order valence-corrected chi connectivity index (χ1v) is 17.0. The maximum atomic E-state index is 6.79. The maximum Gasteiger partial charge on any atom is 0.164 e. The van der Waals surface area contributed by atoms with Gasteiger partial charge in [0.15, 0.2) is 23.1 Å². The Morgan fingerprint density at radius 1 is 0.392 bits per heavy atom. The molecule has 0 spiro atoms. The second-order valence-corrected chi connectivity index (χ2v) is 12.8. The first kappa shape index (κ1) is 27.9. The smallest absolute Gasteiger partial charge is 0.164 e. The number of fused-ring (bicyclic) bond motifs is 12. The van der Waals surface area contributed by atoms with Gasteiger partial charge in [0.2, 0.25) is 0 Å². The monoisotopic (exact) mass is 654 g/mol. The Bertz CT molecular complexity index is 3080. The summed E-state index contributed by atoms with van der Waals surface area (Å²) < 4.78 is 15.8.